The second kappa shape index (κ2) is 7.39. The quantitative estimate of drug-likeness (QED) is 0.452. The zero-order valence-corrected chi connectivity index (χ0v) is 16.6. The van der Waals surface area contributed by atoms with Gasteiger partial charge in [0.05, 0.1) is 47.8 Å². The van der Waals surface area contributed by atoms with Crippen LogP contribution in [0.1, 0.15) is 0 Å². The van der Waals surface area contributed by atoms with Crippen LogP contribution in [0.25, 0.3) is 38.8 Å². The Kier molecular flexibility index (Phi) is 4.41. The number of imidazole rings is 1. The van der Waals surface area contributed by atoms with E-state index in [-0.39, 0.29) is 12.2 Å². The maximum Gasteiger partial charge on any atom is 0.334 e. The van der Waals surface area contributed by atoms with Gasteiger partial charge in [0.15, 0.2) is 0 Å². The van der Waals surface area contributed by atoms with Gasteiger partial charge in [0.1, 0.15) is 6.54 Å². The molecule has 0 spiro atoms. The van der Waals surface area contributed by atoms with E-state index in [1.165, 1.54) is 11.7 Å². The summed E-state index contributed by atoms with van der Waals surface area (Å²) in [5.74, 6) is 0.447. The van der Waals surface area contributed by atoms with E-state index in [1.807, 2.05) is 30.3 Å². The summed E-state index contributed by atoms with van der Waals surface area (Å²) in [5.41, 5.74) is 4.15. The standard InChI is InChI=1S/C23H16N6O2/c1-31-21-7-5-17(13-27-21)29-22-18-11-15(16-3-2-9-25-12-16)4-6-19(18)26-14-20(22)28(10-8-24)23(29)30/h2-7,9,11-14H,10H2,1H3. The molecular formula is C23H16N6O2. The minimum Gasteiger partial charge on any atom is -0.481 e. The molecule has 0 radical (unpaired) electrons. The van der Waals surface area contributed by atoms with E-state index in [4.69, 9.17) is 4.74 Å². The van der Waals surface area contributed by atoms with E-state index in [0.29, 0.717) is 22.6 Å². The number of pyridine rings is 3. The fourth-order valence-electron chi connectivity index (χ4n) is 3.72. The van der Waals surface area contributed by atoms with E-state index in [9.17, 15) is 10.1 Å². The highest BCUT2D eigenvalue weighted by Gasteiger charge is 2.18. The van der Waals surface area contributed by atoms with Gasteiger partial charge in [0.25, 0.3) is 0 Å². The second-order valence-electron chi connectivity index (χ2n) is 6.89. The summed E-state index contributed by atoms with van der Waals surface area (Å²) < 4.78 is 8.12. The van der Waals surface area contributed by atoms with Crippen LogP contribution in [0.5, 0.6) is 5.88 Å². The van der Waals surface area contributed by atoms with Crippen molar-refractivity contribution in [3.8, 4) is 28.8 Å². The van der Waals surface area contributed by atoms with Crippen molar-refractivity contribution in [2.75, 3.05) is 7.11 Å². The molecule has 0 unspecified atom stereocenters. The number of hydrogen-bond donors (Lipinski definition) is 0. The van der Waals surface area contributed by atoms with Crippen molar-refractivity contribution < 1.29 is 4.74 Å². The number of fused-ring (bicyclic) bond motifs is 3. The average molecular weight is 408 g/mol. The van der Waals surface area contributed by atoms with Gasteiger partial charge >= 0.3 is 5.69 Å². The van der Waals surface area contributed by atoms with Gasteiger partial charge in [0.2, 0.25) is 5.88 Å². The summed E-state index contributed by atoms with van der Waals surface area (Å²) >= 11 is 0. The molecule has 0 aliphatic heterocycles. The fraction of sp³-hybridized carbons (Fsp3) is 0.0870. The van der Waals surface area contributed by atoms with Crippen LogP contribution >= 0.6 is 0 Å². The van der Waals surface area contributed by atoms with Crippen molar-refractivity contribution in [3.05, 3.63) is 77.7 Å². The Bertz CT molecular complexity index is 1510. The highest BCUT2D eigenvalue weighted by Crippen LogP contribution is 2.29. The van der Waals surface area contributed by atoms with Gasteiger partial charge in [-0.25, -0.2) is 9.78 Å². The normalized spacial score (nSPS) is 11.0. The number of benzene rings is 1. The highest BCUT2D eigenvalue weighted by molar-refractivity contribution is 6.04. The van der Waals surface area contributed by atoms with Crippen molar-refractivity contribution in [2.24, 2.45) is 0 Å². The molecule has 8 nitrogen and oxygen atoms in total. The smallest absolute Gasteiger partial charge is 0.334 e. The molecule has 4 aromatic heterocycles. The monoisotopic (exact) mass is 408 g/mol. The maximum absolute atomic E-state index is 13.3. The molecule has 0 saturated carbocycles. The number of rotatable bonds is 4. The molecule has 31 heavy (non-hydrogen) atoms. The average Bonchev–Trinajstić information content (AvgIpc) is 3.11. The molecule has 8 heteroatoms. The zero-order valence-electron chi connectivity index (χ0n) is 16.6. The third-order valence-electron chi connectivity index (χ3n) is 5.17. The number of aromatic nitrogens is 5. The Morgan fingerprint density at radius 1 is 1.06 bits per heavy atom. The lowest BCUT2D eigenvalue weighted by Gasteiger charge is -2.08. The number of ether oxygens (including phenoxy) is 1. The first kappa shape index (κ1) is 18.5. The van der Waals surface area contributed by atoms with Gasteiger partial charge in [-0.2, -0.15) is 5.26 Å². The molecule has 0 atom stereocenters. The molecule has 5 rings (SSSR count). The molecular weight excluding hydrogens is 392 g/mol. The van der Waals surface area contributed by atoms with E-state index in [1.54, 1.807) is 41.5 Å². The van der Waals surface area contributed by atoms with Gasteiger partial charge in [-0.05, 0) is 29.8 Å². The topological polar surface area (TPSA) is 98.6 Å². The van der Waals surface area contributed by atoms with Crippen LogP contribution in [0.15, 0.2) is 72.0 Å². The summed E-state index contributed by atoms with van der Waals surface area (Å²) in [6.07, 6.45) is 6.72. The first-order valence-electron chi connectivity index (χ1n) is 9.53. The van der Waals surface area contributed by atoms with Crippen LogP contribution in [-0.2, 0) is 6.54 Å². The van der Waals surface area contributed by atoms with Crippen LogP contribution in [0.2, 0.25) is 0 Å². The third-order valence-corrected chi connectivity index (χ3v) is 5.17. The zero-order chi connectivity index (χ0) is 21.4. The summed E-state index contributed by atoms with van der Waals surface area (Å²) in [5, 5.41) is 10.1. The van der Waals surface area contributed by atoms with Crippen molar-refractivity contribution in [1.29, 1.82) is 5.26 Å². The Morgan fingerprint density at radius 2 is 1.97 bits per heavy atom. The molecule has 0 N–H and O–H groups in total. The fourth-order valence-corrected chi connectivity index (χ4v) is 3.72. The molecule has 4 heterocycles. The third kappa shape index (κ3) is 3.00. The molecule has 0 aliphatic carbocycles. The van der Waals surface area contributed by atoms with Crippen molar-refractivity contribution in [2.45, 2.75) is 6.54 Å². The van der Waals surface area contributed by atoms with Crippen molar-refractivity contribution >= 4 is 21.9 Å². The van der Waals surface area contributed by atoms with E-state index >= 15 is 0 Å². The van der Waals surface area contributed by atoms with Crippen LogP contribution in [0.3, 0.4) is 0 Å². The molecule has 0 amide bonds. The largest absolute Gasteiger partial charge is 0.481 e. The first-order chi connectivity index (χ1) is 15.2. The van der Waals surface area contributed by atoms with Crippen LogP contribution in [-0.4, -0.2) is 31.2 Å². The number of hydrogen-bond acceptors (Lipinski definition) is 6. The summed E-state index contributed by atoms with van der Waals surface area (Å²) in [6, 6.07) is 15.3. The van der Waals surface area contributed by atoms with Crippen molar-refractivity contribution in [3.63, 3.8) is 0 Å². The Balaban J connectivity index is 1.87. The molecule has 0 aliphatic rings. The molecule has 5 aromatic rings. The SMILES string of the molecule is COc1ccc(-n2c(=O)n(CC#N)c3cnc4ccc(-c5cccnc5)cc4c32)cn1. The number of nitriles is 1. The number of methoxy groups -OCH3 is 1. The molecule has 0 bridgehead atoms. The predicted octanol–water partition coefficient (Wildman–Crippen LogP) is 3.33. The van der Waals surface area contributed by atoms with Crippen molar-refractivity contribution in [1.82, 2.24) is 24.1 Å². The lowest BCUT2D eigenvalue weighted by Crippen LogP contribution is -2.23. The van der Waals surface area contributed by atoms with E-state index < -0.39 is 0 Å². The molecule has 0 saturated heterocycles. The lowest BCUT2D eigenvalue weighted by atomic mass is 10.0. The van der Waals surface area contributed by atoms with E-state index in [2.05, 4.69) is 21.0 Å². The van der Waals surface area contributed by atoms with Crippen LogP contribution in [0.4, 0.5) is 0 Å². The van der Waals surface area contributed by atoms with Gasteiger partial charge < -0.3 is 4.74 Å². The van der Waals surface area contributed by atoms with Gasteiger partial charge in [0, 0.05) is 29.4 Å². The highest BCUT2D eigenvalue weighted by atomic mass is 16.5. The molecule has 150 valence electrons. The minimum atomic E-state index is -0.329. The van der Waals surface area contributed by atoms with Gasteiger partial charge in [-0.3, -0.25) is 19.1 Å². The Morgan fingerprint density at radius 3 is 2.68 bits per heavy atom. The van der Waals surface area contributed by atoms with Gasteiger partial charge in [-0.15, -0.1) is 0 Å². The lowest BCUT2D eigenvalue weighted by molar-refractivity contribution is 0.398. The second-order valence-corrected chi connectivity index (χ2v) is 6.89. The predicted molar refractivity (Wildman–Crippen MR) is 116 cm³/mol. The molecule has 0 fully saturated rings. The van der Waals surface area contributed by atoms with Crippen LogP contribution < -0.4 is 10.4 Å². The Hall–Kier alpha value is -4.51. The van der Waals surface area contributed by atoms with Crippen LogP contribution in [0, 0.1) is 11.3 Å². The summed E-state index contributed by atoms with van der Waals surface area (Å²) in [4.78, 5) is 26.3. The Labute approximate surface area is 176 Å². The first-order valence-corrected chi connectivity index (χ1v) is 9.53. The summed E-state index contributed by atoms with van der Waals surface area (Å²) in [6.45, 7) is -0.0819. The molecule has 1 aromatic carbocycles. The number of nitrogens with zero attached hydrogens (tertiary/aromatic N) is 6. The maximum atomic E-state index is 13.3. The summed E-state index contributed by atoms with van der Waals surface area (Å²) in [7, 11) is 1.53. The minimum absolute atomic E-state index is 0.0819. The van der Waals surface area contributed by atoms with Gasteiger partial charge in [-0.1, -0.05) is 12.1 Å². The van der Waals surface area contributed by atoms with E-state index in [0.717, 1.165) is 22.0 Å².